The van der Waals surface area contributed by atoms with E-state index in [1.807, 2.05) is 0 Å². The molecule has 48 valence electrons. The van der Waals surface area contributed by atoms with Crippen LogP contribution in [-0.2, 0) is 4.79 Å². The summed E-state index contributed by atoms with van der Waals surface area (Å²) in [7, 11) is 0. The van der Waals surface area contributed by atoms with Gasteiger partial charge in [-0.2, -0.15) is 5.26 Å². The van der Waals surface area contributed by atoms with Gasteiger partial charge in [0.15, 0.2) is 0 Å². The maximum Gasteiger partial charge on any atom is 0.120 e. The molecule has 0 atom stereocenters. The second-order valence-electron chi connectivity index (χ2n) is 2.57. The van der Waals surface area contributed by atoms with E-state index in [4.69, 9.17) is 5.26 Å². The van der Waals surface area contributed by atoms with Gasteiger partial charge in [0, 0.05) is 12.3 Å². The zero-order valence-corrected chi connectivity index (χ0v) is 5.21. The van der Waals surface area contributed by atoms with Crippen molar-refractivity contribution in [3.8, 4) is 6.07 Å². The molecule has 0 aliphatic heterocycles. The lowest BCUT2D eigenvalue weighted by atomic mass is 9.74. The second kappa shape index (κ2) is 2.63. The first kappa shape index (κ1) is 6.28. The van der Waals surface area contributed by atoms with E-state index in [2.05, 4.69) is 6.07 Å². The maximum absolute atomic E-state index is 9.92. The Bertz CT molecular complexity index is 141. The lowest BCUT2D eigenvalue weighted by Crippen LogP contribution is -2.22. The number of nitriles is 1. The molecule has 0 heterocycles. The van der Waals surface area contributed by atoms with Gasteiger partial charge in [-0.15, -0.1) is 0 Å². The van der Waals surface area contributed by atoms with Gasteiger partial charge in [-0.3, -0.25) is 0 Å². The lowest BCUT2D eigenvalue weighted by molar-refractivity contribution is -0.109. The second-order valence-corrected chi connectivity index (χ2v) is 2.57. The summed E-state index contributed by atoms with van der Waals surface area (Å²) in [5.41, 5.74) is 0. The fraction of sp³-hybridized carbons (Fsp3) is 0.714. The summed E-state index contributed by atoms with van der Waals surface area (Å²) in [6.45, 7) is 0. The Morgan fingerprint density at radius 1 is 1.67 bits per heavy atom. The van der Waals surface area contributed by atoms with Gasteiger partial charge in [-0.1, -0.05) is 0 Å². The molecule has 9 heavy (non-hydrogen) atoms. The van der Waals surface area contributed by atoms with Crippen LogP contribution >= 0.6 is 0 Å². The Hall–Kier alpha value is -0.840. The van der Waals surface area contributed by atoms with E-state index in [1.54, 1.807) is 0 Å². The van der Waals surface area contributed by atoms with Crippen molar-refractivity contribution in [2.45, 2.75) is 19.3 Å². The van der Waals surface area contributed by atoms with Gasteiger partial charge in [-0.25, -0.2) is 0 Å². The maximum atomic E-state index is 9.92. The summed E-state index contributed by atoms with van der Waals surface area (Å²) < 4.78 is 0. The monoisotopic (exact) mass is 123 g/mol. The van der Waals surface area contributed by atoms with Crippen molar-refractivity contribution in [2.24, 2.45) is 11.8 Å². The molecule has 2 nitrogen and oxygen atoms in total. The number of rotatable bonds is 2. The molecule has 0 radical (unpaired) electrons. The molecule has 0 spiro atoms. The van der Waals surface area contributed by atoms with E-state index in [-0.39, 0.29) is 5.92 Å². The molecule has 1 aliphatic carbocycles. The molecule has 0 saturated heterocycles. The molecule has 1 saturated carbocycles. The van der Waals surface area contributed by atoms with Gasteiger partial charge in [0.1, 0.15) is 6.29 Å². The average molecular weight is 123 g/mol. The van der Waals surface area contributed by atoms with Crippen LogP contribution in [0.4, 0.5) is 0 Å². The first-order chi connectivity index (χ1) is 4.36. The summed E-state index contributed by atoms with van der Waals surface area (Å²) in [5.74, 6) is 0.766. The van der Waals surface area contributed by atoms with Crippen molar-refractivity contribution < 1.29 is 4.79 Å². The molecular weight excluding hydrogens is 114 g/mol. The minimum atomic E-state index is 0.245. The van der Waals surface area contributed by atoms with Crippen molar-refractivity contribution in [3.63, 3.8) is 0 Å². The molecular formula is C7H9NO. The Kier molecular flexibility index (Phi) is 1.84. The average Bonchev–Trinajstić information content (AvgIpc) is 1.77. The Balaban J connectivity index is 2.13. The topological polar surface area (TPSA) is 40.9 Å². The molecule has 0 aromatic rings. The van der Waals surface area contributed by atoms with E-state index in [9.17, 15) is 4.79 Å². The highest BCUT2D eigenvalue weighted by Crippen LogP contribution is 2.34. The number of nitrogens with zero attached hydrogens (tertiary/aromatic N) is 1. The molecule has 1 fully saturated rings. The fourth-order valence-corrected chi connectivity index (χ4v) is 1.17. The SMILES string of the molecule is N#CC1CC(CC=O)C1. The van der Waals surface area contributed by atoms with Crippen LogP contribution in [0.25, 0.3) is 0 Å². The molecule has 0 bridgehead atoms. The van der Waals surface area contributed by atoms with Crippen molar-refractivity contribution in [1.29, 1.82) is 5.26 Å². The molecule has 0 aromatic carbocycles. The highest BCUT2D eigenvalue weighted by atomic mass is 16.1. The first-order valence-electron chi connectivity index (χ1n) is 3.20. The number of carbonyl (C=O) groups is 1. The summed E-state index contributed by atoms with van der Waals surface area (Å²) >= 11 is 0. The minimum absolute atomic E-state index is 0.245. The van der Waals surface area contributed by atoms with Crippen molar-refractivity contribution >= 4 is 6.29 Å². The Labute approximate surface area is 54.5 Å². The molecule has 0 amide bonds. The predicted molar refractivity (Wildman–Crippen MR) is 32.5 cm³/mol. The van der Waals surface area contributed by atoms with Crippen LogP contribution in [0.1, 0.15) is 19.3 Å². The van der Waals surface area contributed by atoms with Gasteiger partial charge in [0.25, 0.3) is 0 Å². The number of hydrogen-bond donors (Lipinski definition) is 0. The smallest absolute Gasteiger partial charge is 0.120 e. The standard InChI is InChI=1S/C7H9NO/c8-5-7-3-6(4-7)1-2-9/h2,6-7H,1,3-4H2. The minimum Gasteiger partial charge on any atom is -0.303 e. The first-order valence-corrected chi connectivity index (χ1v) is 3.20. The zero-order chi connectivity index (χ0) is 6.69. The third-order valence-corrected chi connectivity index (χ3v) is 1.85. The van der Waals surface area contributed by atoms with Crippen LogP contribution in [0.2, 0.25) is 0 Å². The van der Waals surface area contributed by atoms with Gasteiger partial charge < -0.3 is 4.79 Å². The number of hydrogen-bond acceptors (Lipinski definition) is 2. The molecule has 2 heteroatoms. The summed E-state index contributed by atoms with van der Waals surface area (Å²) in [6, 6.07) is 2.17. The summed E-state index contributed by atoms with van der Waals surface area (Å²) in [4.78, 5) is 9.92. The Morgan fingerprint density at radius 2 is 2.33 bits per heavy atom. The van der Waals surface area contributed by atoms with Crippen LogP contribution < -0.4 is 0 Å². The van der Waals surface area contributed by atoms with Gasteiger partial charge >= 0.3 is 0 Å². The van der Waals surface area contributed by atoms with Crippen molar-refractivity contribution in [1.82, 2.24) is 0 Å². The summed E-state index contributed by atoms with van der Waals surface area (Å²) in [6.07, 6.45) is 3.47. The molecule has 0 N–H and O–H groups in total. The van der Waals surface area contributed by atoms with E-state index in [1.165, 1.54) is 0 Å². The highest BCUT2D eigenvalue weighted by molar-refractivity contribution is 5.50. The quantitative estimate of drug-likeness (QED) is 0.516. The van der Waals surface area contributed by atoms with E-state index < -0.39 is 0 Å². The fourth-order valence-electron chi connectivity index (χ4n) is 1.17. The van der Waals surface area contributed by atoms with E-state index in [0.717, 1.165) is 19.1 Å². The van der Waals surface area contributed by atoms with Gasteiger partial charge in [-0.05, 0) is 18.8 Å². The normalized spacial score (nSPS) is 32.3. The van der Waals surface area contributed by atoms with Crippen LogP contribution in [0.15, 0.2) is 0 Å². The molecule has 1 aliphatic rings. The third-order valence-electron chi connectivity index (χ3n) is 1.85. The Morgan fingerprint density at radius 3 is 2.78 bits per heavy atom. The van der Waals surface area contributed by atoms with E-state index >= 15 is 0 Å². The third kappa shape index (κ3) is 1.29. The van der Waals surface area contributed by atoms with Gasteiger partial charge in [0.05, 0.1) is 6.07 Å². The van der Waals surface area contributed by atoms with Crippen LogP contribution in [-0.4, -0.2) is 6.29 Å². The molecule has 0 unspecified atom stereocenters. The largest absolute Gasteiger partial charge is 0.303 e. The molecule has 0 aromatic heterocycles. The van der Waals surface area contributed by atoms with E-state index in [0.29, 0.717) is 12.3 Å². The molecule has 1 rings (SSSR count). The predicted octanol–water partition coefficient (Wildman–Crippen LogP) is 1.13. The van der Waals surface area contributed by atoms with Crippen molar-refractivity contribution in [2.75, 3.05) is 0 Å². The van der Waals surface area contributed by atoms with Crippen LogP contribution in [0.3, 0.4) is 0 Å². The highest BCUT2D eigenvalue weighted by Gasteiger charge is 2.27. The zero-order valence-electron chi connectivity index (χ0n) is 5.21. The van der Waals surface area contributed by atoms with Crippen molar-refractivity contribution in [3.05, 3.63) is 0 Å². The van der Waals surface area contributed by atoms with Crippen LogP contribution in [0.5, 0.6) is 0 Å². The number of carbonyl (C=O) groups excluding carboxylic acids is 1. The van der Waals surface area contributed by atoms with Gasteiger partial charge in [0.2, 0.25) is 0 Å². The van der Waals surface area contributed by atoms with Crippen LogP contribution in [0, 0.1) is 23.2 Å². The lowest BCUT2D eigenvalue weighted by Gasteiger charge is -2.28. The number of aldehydes is 1. The summed E-state index contributed by atoms with van der Waals surface area (Å²) in [5, 5.41) is 8.33.